The lowest BCUT2D eigenvalue weighted by Crippen LogP contribution is -2.27. The van der Waals surface area contributed by atoms with Gasteiger partial charge in [0.2, 0.25) is 0 Å². The predicted octanol–water partition coefficient (Wildman–Crippen LogP) is 7.35. The van der Waals surface area contributed by atoms with Crippen LogP contribution in [-0.2, 0) is 18.3 Å². The van der Waals surface area contributed by atoms with Crippen molar-refractivity contribution in [3.05, 3.63) is 94.5 Å². The zero-order valence-electron chi connectivity index (χ0n) is 21.2. The number of ether oxygens (including phenoxy) is 1. The second kappa shape index (κ2) is 11.8. The SMILES string of the molecule is CCN(CC)Cc1cccc(C)c1PC(C)(CC)c1cccc(C)c1OCc1ccccc1. The first-order valence-electron chi connectivity index (χ1n) is 12.3. The Labute approximate surface area is 203 Å². The molecular weight excluding hydrogens is 421 g/mol. The van der Waals surface area contributed by atoms with Gasteiger partial charge in [-0.1, -0.05) is 103 Å². The van der Waals surface area contributed by atoms with E-state index in [-0.39, 0.29) is 5.16 Å². The van der Waals surface area contributed by atoms with Crippen molar-refractivity contribution >= 4 is 13.9 Å². The summed E-state index contributed by atoms with van der Waals surface area (Å²) < 4.78 is 6.50. The molecule has 3 rings (SSSR count). The maximum atomic E-state index is 6.50. The first kappa shape index (κ1) is 25.5. The molecule has 2 atom stereocenters. The van der Waals surface area contributed by atoms with E-state index < -0.39 is 0 Å². The number of hydrogen-bond acceptors (Lipinski definition) is 2. The molecule has 2 unspecified atom stereocenters. The minimum Gasteiger partial charge on any atom is -0.488 e. The average molecular weight is 462 g/mol. The molecule has 0 aliphatic carbocycles. The summed E-state index contributed by atoms with van der Waals surface area (Å²) >= 11 is 0. The molecule has 3 aromatic carbocycles. The lowest BCUT2D eigenvalue weighted by molar-refractivity contribution is 0.296. The standard InChI is InChI=1S/C30H40NOP/c1-7-30(6,33-29-24(5)16-13-19-26(29)21-31(8-2)9-3)27-20-14-15-23(4)28(27)32-22-25-17-11-10-12-18-25/h10-20,33H,7-9,21-22H2,1-6H3. The summed E-state index contributed by atoms with van der Waals surface area (Å²) in [6, 6.07) is 23.9. The Bertz CT molecular complexity index is 1030. The molecule has 0 fully saturated rings. The van der Waals surface area contributed by atoms with E-state index in [0.29, 0.717) is 15.2 Å². The van der Waals surface area contributed by atoms with Gasteiger partial charge < -0.3 is 4.74 Å². The fourth-order valence-electron chi connectivity index (χ4n) is 4.36. The second-order valence-corrected chi connectivity index (χ2v) is 11.0. The monoisotopic (exact) mass is 461 g/mol. The Morgan fingerprint density at radius 1 is 0.818 bits per heavy atom. The number of hydrogen-bond donors (Lipinski definition) is 0. The van der Waals surface area contributed by atoms with Gasteiger partial charge in [0.25, 0.3) is 0 Å². The lowest BCUT2D eigenvalue weighted by atomic mass is 9.94. The Hall–Kier alpha value is -2.15. The molecule has 3 heteroatoms. The van der Waals surface area contributed by atoms with Gasteiger partial charge in [0, 0.05) is 17.3 Å². The molecule has 2 nitrogen and oxygen atoms in total. The maximum Gasteiger partial charge on any atom is 0.126 e. The van der Waals surface area contributed by atoms with Gasteiger partial charge in [-0.25, -0.2) is 0 Å². The van der Waals surface area contributed by atoms with Crippen LogP contribution in [0.3, 0.4) is 0 Å². The Morgan fingerprint density at radius 3 is 2.15 bits per heavy atom. The van der Waals surface area contributed by atoms with Crippen molar-refractivity contribution in [3.63, 3.8) is 0 Å². The van der Waals surface area contributed by atoms with Crippen LogP contribution in [-0.4, -0.2) is 18.0 Å². The molecule has 0 N–H and O–H groups in total. The molecule has 176 valence electrons. The molecule has 0 aromatic heterocycles. The number of rotatable bonds is 11. The van der Waals surface area contributed by atoms with Crippen molar-refractivity contribution in [1.29, 1.82) is 0 Å². The summed E-state index contributed by atoms with van der Waals surface area (Å²) in [4.78, 5) is 2.51. The average Bonchev–Trinajstić information content (AvgIpc) is 2.84. The molecule has 0 bridgehead atoms. The van der Waals surface area contributed by atoms with E-state index in [4.69, 9.17) is 4.74 Å². The number of aryl methyl sites for hydroxylation is 2. The summed E-state index contributed by atoms with van der Waals surface area (Å²) in [5, 5.41) is 1.53. The quantitative estimate of drug-likeness (QED) is 0.277. The summed E-state index contributed by atoms with van der Waals surface area (Å²) in [5.41, 5.74) is 6.61. The summed E-state index contributed by atoms with van der Waals surface area (Å²) in [6.45, 7) is 17.4. The molecule has 0 spiro atoms. The number of nitrogens with zero attached hydrogens (tertiary/aromatic N) is 1. The lowest BCUT2D eigenvalue weighted by Gasteiger charge is -2.33. The predicted molar refractivity (Wildman–Crippen MR) is 145 cm³/mol. The summed E-state index contributed by atoms with van der Waals surface area (Å²) in [7, 11) is 0.683. The van der Waals surface area contributed by atoms with Gasteiger partial charge in [0.1, 0.15) is 12.4 Å². The van der Waals surface area contributed by atoms with Crippen molar-refractivity contribution in [2.75, 3.05) is 13.1 Å². The van der Waals surface area contributed by atoms with Gasteiger partial charge in [-0.3, -0.25) is 4.90 Å². The van der Waals surface area contributed by atoms with Crippen molar-refractivity contribution in [1.82, 2.24) is 4.90 Å². The second-order valence-electron chi connectivity index (χ2n) is 9.11. The van der Waals surface area contributed by atoms with E-state index in [2.05, 4.69) is 113 Å². The zero-order chi connectivity index (χ0) is 23.8. The smallest absolute Gasteiger partial charge is 0.126 e. The van der Waals surface area contributed by atoms with Crippen molar-refractivity contribution < 1.29 is 4.74 Å². The molecule has 3 aromatic rings. The van der Waals surface area contributed by atoms with Crippen molar-refractivity contribution in [2.45, 2.75) is 66.3 Å². The van der Waals surface area contributed by atoms with Gasteiger partial charge in [0.05, 0.1) is 0 Å². The van der Waals surface area contributed by atoms with Gasteiger partial charge >= 0.3 is 0 Å². The van der Waals surface area contributed by atoms with E-state index in [0.717, 1.165) is 31.8 Å². The van der Waals surface area contributed by atoms with Crippen LogP contribution in [0.5, 0.6) is 5.75 Å². The third-order valence-corrected chi connectivity index (χ3v) is 8.93. The molecule has 0 saturated heterocycles. The van der Waals surface area contributed by atoms with Crippen LogP contribution >= 0.6 is 8.58 Å². The van der Waals surface area contributed by atoms with E-state index in [1.807, 2.05) is 0 Å². The maximum absolute atomic E-state index is 6.50. The van der Waals surface area contributed by atoms with Gasteiger partial charge in [-0.15, -0.1) is 0 Å². The van der Waals surface area contributed by atoms with Crippen molar-refractivity contribution in [3.8, 4) is 5.75 Å². The largest absolute Gasteiger partial charge is 0.488 e. The van der Waals surface area contributed by atoms with Crippen LogP contribution in [0, 0.1) is 13.8 Å². The Morgan fingerprint density at radius 2 is 1.48 bits per heavy atom. The van der Waals surface area contributed by atoms with Crippen LogP contribution < -0.4 is 10.0 Å². The molecule has 0 aliphatic rings. The van der Waals surface area contributed by atoms with Crippen LogP contribution in [0.2, 0.25) is 0 Å². The molecule has 0 saturated carbocycles. The minimum absolute atomic E-state index is 0.0160. The topological polar surface area (TPSA) is 12.5 Å². The minimum atomic E-state index is 0.0160. The molecule has 0 radical (unpaired) electrons. The molecule has 0 amide bonds. The normalized spacial score (nSPS) is 13.5. The highest BCUT2D eigenvalue weighted by Gasteiger charge is 2.31. The Kier molecular flexibility index (Phi) is 9.12. The molecular formula is C30H40NOP. The van der Waals surface area contributed by atoms with E-state index in [1.54, 1.807) is 0 Å². The summed E-state index contributed by atoms with van der Waals surface area (Å²) in [5.74, 6) is 1.05. The van der Waals surface area contributed by atoms with Crippen LogP contribution in [0.4, 0.5) is 0 Å². The van der Waals surface area contributed by atoms with Crippen LogP contribution in [0.1, 0.15) is 61.9 Å². The number of para-hydroxylation sites is 1. The van der Waals surface area contributed by atoms with Crippen LogP contribution in [0.15, 0.2) is 66.7 Å². The highest BCUT2D eigenvalue weighted by atomic mass is 31.1. The van der Waals surface area contributed by atoms with Crippen LogP contribution in [0.25, 0.3) is 0 Å². The third kappa shape index (κ3) is 6.25. The third-order valence-electron chi connectivity index (χ3n) is 6.79. The van der Waals surface area contributed by atoms with Crippen molar-refractivity contribution in [2.24, 2.45) is 0 Å². The first-order valence-corrected chi connectivity index (χ1v) is 13.3. The van der Waals surface area contributed by atoms with Gasteiger partial charge in [0.15, 0.2) is 0 Å². The molecule has 0 aliphatic heterocycles. The fraction of sp³-hybridized carbons (Fsp3) is 0.400. The first-order chi connectivity index (χ1) is 15.9. The van der Waals surface area contributed by atoms with Gasteiger partial charge in [-0.05, 0) is 60.9 Å². The zero-order valence-corrected chi connectivity index (χ0v) is 22.2. The van der Waals surface area contributed by atoms with E-state index in [9.17, 15) is 0 Å². The highest BCUT2D eigenvalue weighted by Crippen LogP contribution is 2.49. The fourth-order valence-corrected chi connectivity index (χ4v) is 6.02. The molecule has 0 heterocycles. The van der Waals surface area contributed by atoms with E-state index >= 15 is 0 Å². The number of benzene rings is 3. The van der Waals surface area contributed by atoms with Gasteiger partial charge in [-0.2, -0.15) is 0 Å². The molecule has 33 heavy (non-hydrogen) atoms. The Balaban J connectivity index is 1.96. The highest BCUT2D eigenvalue weighted by molar-refractivity contribution is 7.48. The van der Waals surface area contributed by atoms with E-state index in [1.165, 1.54) is 33.1 Å². The summed E-state index contributed by atoms with van der Waals surface area (Å²) in [6.07, 6.45) is 1.07.